The van der Waals surface area contributed by atoms with Crippen molar-refractivity contribution in [2.45, 2.75) is 12.8 Å². The normalized spacial score (nSPS) is 18.3. The maximum absolute atomic E-state index is 10.2. The molecule has 0 N–H and O–H groups in total. The second-order valence-corrected chi connectivity index (χ2v) is 2.52. The molecule has 0 spiro atoms. The first-order valence-corrected chi connectivity index (χ1v) is 3.32. The number of hydrogen-bond donors (Lipinski definition) is 1. The zero-order valence-corrected chi connectivity index (χ0v) is 5.90. The molecule has 0 atom stereocenters. The van der Waals surface area contributed by atoms with Crippen LogP contribution in [0.5, 0.6) is 0 Å². The van der Waals surface area contributed by atoms with Crippen molar-refractivity contribution in [2.24, 2.45) is 0 Å². The Hall–Kier alpha value is -0.500. The monoisotopic (exact) mass is 140 g/mol. The predicted octanol–water partition coefficient (Wildman–Crippen LogP) is 1.72. The predicted molar refractivity (Wildman–Crippen MR) is 40.5 cm³/mol. The second-order valence-electron chi connectivity index (χ2n) is 2.00. The van der Waals surface area contributed by atoms with Gasteiger partial charge in [0.25, 0.3) is 0 Å². The molecule has 0 radical (unpaired) electrons. The zero-order valence-electron chi connectivity index (χ0n) is 5.00. The molecule has 0 aromatic rings. The summed E-state index contributed by atoms with van der Waals surface area (Å²) in [6.45, 7) is 0. The third-order valence-electron chi connectivity index (χ3n) is 1.27. The molecule has 0 saturated heterocycles. The maximum Gasteiger partial charge on any atom is 0.146 e. The van der Waals surface area contributed by atoms with E-state index in [-0.39, 0.29) is 0 Å². The molecule has 0 aromatic carbocycles. The van der Waals surface area contributed by atoms with Crippen LogP contribution in [0.1, 0.15) is 12.8 Å². The van der Waals surface area contributed by atoms with E-state index in [9.17, 15) is 4.79 Å². The van der Waals surface area contributed by atoms with Crippen LogP contribution in [-0.2, 0) is 4.79 Å². The van der Waals surface area contributed by atoms with E-state index in [2.05, 4.69) is 12.6 Å². The van der Waals surface area contributed by atoms with Gasteiger partial charge in [-0.3, -0.25) is 4.79 Å². The van der Waals surface area contributed by atoms with Crippen molar-refractivity contribution in [1.29, 1.82) is 0 Å². The van der Waals surface area contributed by atoms with Crippen LogP contribution in [0.4, 0.5) is 0 Å². The Balaban J connectivity index is 2.74. The molecule has 0 saturated carbocycles. The summed E-state index contributed by atoms with van der Waals surface area (Å²) in [7, 11) is 0. The van der Waals surface area contributed by atoms with Gasteiger partial charge >= 0.3 is 0 Å². The molecular weight excluding hydrogens is 132 g/mol. The average molecular weight is 140 g/mol. The van der Waals surface area contributed by atoms with Crippen LogP contribution in [0, 0.1) is 0 Å². The van der Waals surface area contributed by atoms with Crippen LogP contribution in [-0.4, -0.2) is 6.29 Å². The first-order chi connectivity index (χ1) is 4.33. The molecule has 0 fully saturated rings. The summed E-state index contributed by atoms with van der Waals surface area (Å²) >= 11 is 4.10. The van der Waals surface area contributed by atoms with Crippen LogP contribution in [0.3, 0.4) is 0 Å². The standard InChI is InChI=1S/C7H8OS/c8-5-6-2-1-3-7(9)4-6/h3-5,9H,1-2H2. The van der Waals surface area contributed by atoms with Gasteiger partial charge in [-0.1, -0.05) is 6.08 Å². The molecular formula is C7H8OS. The fraction of sp³-hybridized carbons (Fsp3) is 0.286. The highest BCUT2D eigenvalue weighted by molar-refractivity contribution is 7.84. The minimum atomic E-state index is 0.850. The number of allylic oxidation sites excluding steroid dienone is 3. The quantitative estimate of drug-likeness (QED) is 0.433. The van der Waals surface area contributed by atoms with E-state index in [1.54, 1.807) is 6.08 Å². The van der Waals surface area contributed by atoms with Gasteiger partial charge in [0.1, 0.15) is 6.29 Å². The Labute approximate surface area is 59.9 Å². The first-order valence-electron chi connectivity index (χ1n) is 2.88. The number of thiol groups is 1. The SMILES string of the molecule is O=CC1=CC(S)=CCC1. The molecule has 1 rings (SSSR count). The molecule has 0 aromatic heterocycles. The largest absolute Gasteiger partial charge is 0.298 e. The van der Waals surface area contributed by atoms with Crippen molar-refractivity contribution in [3.8, 4) is 0 Å². The summed E-state index contributed by atoms with van der Waals surface area (Å²) in [4.78, 5) is 11.1. The van der Waals surface area contributed by atoms with Gasteiger partial charge in [0, 0.05) is 4.91 Å². The van der Waals surface area contributed by atoms with Crippen LogP contribution < -0.4 is 0 Å². The van der Waals surface area contributed by atoms with E-state index in [1.807, 2.05) is 6.08 Å². The lowest BCUT2D eigenvalue weighted by Crippen LogP contribution is -1.89. The molecule has 1 nitrogen and oxygen atoms in total. The molecule has 0 amide bonds. The Kier molecular flexibility index (Phi) is 2.11. The van der Waals surface area contributed by atoms with Crippen molar-refractivity contribution in [2.75, 3.05) is 0 Å². The van der Waals surface area contributed by atoms with Crippen molar-refractivity contribution in [3.63, 3.8) is 0 Å². The number of carbonyl (C=O) groups is 1. The highest BCUT2D eigenvalue weighted by atomic mass is 32.1. The van der Waals surface area contributed by atoms with Crippen LogP contribution in [0.25, 0.3) is 0 Å². The Morgan fingerprint density at radius 3 is 2.89 bits per heavy atom. The van der Waals surface area contributed by atoms with E-state index in [4.69, 9.17) is 0 Å². The molecule has 2 heteroatoms. The highest BCUT2D eigenvalue weighted by Crippen LogP contribution is 2.17. The van der Waals surface area contributed by atoms with Crippen molar-refractivity contribution in [3.05, 3.63) is 22.6 Å². The van der Waals surface area contributed by atoms with E-state index in [0.29, 0.717) is 0 Å². The summed E-state index contributed by atoms with van der Waals surface area (Å²) < 4.78 is 0. The van der Waals surface area contributed by atoms with Gasteiger partial charge in [0.2, 0.25) is 0 Å². The molecule has 9 heavy (non-hydrogen) atoms. The Bertz CT molecular complexity index is 179. The van der Waals surface area contributed by atoms with Crippen molar-refractivity contribution in [1.82, 2.24) is 0 Å². The topological polar surface area (TPSA) is 17.1 Å². The lowest BCUT2D eigenvalue weighted by Gasteiger charge is -2.02. The van der Waals surface area contributed by atoms with Gasteiger partial charge in [0.15, 0.2) is 0 Å². The minimum Gasteiger partial charge on any atom is -0.298 e. The lowest BCUT2D eigenvalue weighted by atomic mass is 10.1. The number of hydrogen-bond acceptors (Lipinski definition) is 2. The van der Waals surface area contributed by atoms with Gasteiger partial charge in [-0.2, -0.15) is 0 Å². The molecule has 0 bridgehead atoms. The molecule has 0 heterocycles. The number of rotatable bonds is 1. The Morgan fingerprint density at radius 2 is 2.44 bits per heavy atom. The van der Waals surface area contributed by atoms with Crippen molar-refractivity contribution >= 4 is 18.9 Å². The first kappa shape index (κ1) is 6.62. The summed E-state index contributed by atoms with van der Waals surface area (Å²) in [6.07, 6.45) is 6.52. The van der Waals surface area contributed by atoms with Crippen LogP contribution in [0.15, 0.2) is 22.6 Å². The van der Waals surface area contributed by atoms with Crippen LogP contribution in [0.2, 0.25) is 0 Å². The number of carbonyl (C=O) groups excluding carboxylic acids is 1. The van der Waals surface area contributed by atoms with Gasteiger partial charge in [-0.05, 0) is 24.5 Å². The van der Waals surface area contributed by atoms with Gasteiger partial charge < -0.3 is 0 Å². The summed E-state index contributed by atoms with van der Waals surface area (Å²) in [5, 5.41) is 0. The third kappa shape index (κ3) is 1.72. The molecule has 1 aliphatic carbocycles. The van der Waals surface area contributed by atoms with Crippen molar-refractivity contribution < 1.29 is 4.79 Å². The second kappa shape index (κ2) is 2.87. The highest BCUT2D eigenvalue weighted by Gasteiger charge is 1.99. The van der Waals surface area contributed by atoms with E-state index in [1.165, 1.54) is 0 Å². The number of aldehydes is 1. The molecule has 0 unspecified atom stereocenters. The summed E-state index contributed by atoms with van der Waals surface area (Å²) in [5.41, 5.74) is 0.850. The lowest BCUT2D eigenvalue weighted by molar-refractivity contribution is -0.105. The van der Waals surface area contributed by atoms with E-state index >= 15 is 0 Å². The molecule has 0 aliphatic heterocycles. The van der Waals surface area contributed by atoms with E-state index < -0.39 is 0 Å². The fourth-order valence-corrected chi connectivity index (χ4v) is 1.10. The Morgan fingerprint density at radius 1 is 1.67 bits per heavy atom. The minimum absolute atomic E-state index is 0.850. The average Bonchev–Trinajstić information content (AvgIpc) is 1.88. The molecule has 1 aliphatic rings. The zero-order chi connectivity index (χ0) is 6.69. The smallest absolute Gasteiger partial charge is 0.146 e. The summed E-state index contributed by atoms with van der Waals surface area (Å²) in [6, 6.07) is 0. The van der Waals surface area contributed by atoms with Gasteiger partial charge in [-0.25, -0.2) is 0 Å². The van der Waals surface area contributed by atoms with E-state index in [0.717, 1.165) is 29.6 Å². The van der Waals surface area contributed by atoms with Gasteiger partial charge in [-0.15, -0.1) is 12.6 Å². The van der Waals surface area contributed by atoms with Gasteiger partial charge in [0.05, 0.1) is 0 Å². The van der Waals surface area contributed by atoms with Crippen LogP contribution >= 0.6 is 12.6 Å². The fourth-order valence-electron chi connectivity index (χ4n) is 0.801. The summed E-state index contributed by atoms with van der Waals surface area (Å²) in [5.74, 6) is 0. The molecule has 48 valence electrons. The maximum atomic E-state index is 10.2. The third-order valence-corrected chi connectivity index (χ3v) is 1.58.